The number of alkyl halides is 3. The lowest BCUT2D eigenvalue weighted by Gasteiger charge is -2.36. The van der Waals surface area contributed by atoms with Crippen LogP contribution in [-0.4, -0.2) is 31.1 Å². The number of halogens is 4. The maximum absolute atomic E-state index is 14.3. The van der Waals surface area contributed by atoms with E-state index in [0.29, 0.717) is 17.5 Å². The van der Waals surface area contributed by atoms with Crippen molar-refractivity contribution in [3.63, 3.8) is 0 Å². The fourth-order valence-corrected chi connectivity index (χ4v) is 2.89. The molecule has 0 radical (unpaired) electrons. The van der Waals surface area contributed by atoms with E-state index in [4.69, 9.17) is 0 Å². The molecule has 1 atom stereocenters. The Bertz CT molecular complexity index is 493. The Morgan fingerprint density at radius 2 is 1.82 bits per heavy atom. The number of benzene rings is 1. The molecular weight excluding hydrogens is 296 g/mol. The van der Waals surface area contributed by atoms with E-state index in [1.165, 1.54) is 6.07 Å². The zero-order valence-electron chi connectivity index (χ0n) is 12.9. The van der Waals surface area contributed by atoms with Crippen LogP contribution in [0.25, 0.3) is 0 Å². The van der Waals surface area contributed by atoms with Gasteiger partial charge in [0.2, 0.25) is 0 Å². The second-order valence-electron chi connectivity index (χ2n) is 6.17. The van der Waals surface area contributed by atoms with Crippen molar-refractivity contribution in [3.8, 4) is 0 Å². The SMILES string of the molecule is CC(C)C[C@@H](c1ccc(C(F)(F)F)cc1F)N1CCNCC1. The normalized spacial score (nSPS) is 18.7. The van der Waals surface area contributed by atoms with E-state index >= 15 is 0 Å². The molecule has 1 aromatic rings. The molecule has 2 nitrogen and oxygen atoms in total. The number of nitrogens with zero attached hydrogens (tertiary/aromatic N) is 1. The van der Waals surface area contributed by atoms with Crippen LogP contribution in [0.15, 0.2) is 18.2 Å². The first kappa shape index (κ1) is 17.2. The number of rotatable bonds is 4. The van der Waals surface area contributed by atoms with Gasteiger partial charge in [-0.2, -0.15) is 13.2 Å². The van der Waals surface area contributed by atoms with Gasteiger partial charge < -0.3 is 5.32 Å². The molecule has 2 rings (SSSR count). The summed E-state index contributed by atoms with van der Waals surface area (Å²) in [6.45, 7) is 7.26. The highest BCUT2D eigenvalue weighted by molar-refractivity contribution is 5.29. The van der Waals surface area contributed by atoms with Gasteiger partial charge in [0.15, 0.2) is 0 Å². The second-order valence-corrected chi connectivity index (χ2v) is 6.17. The smallest absolute Gasteiger partial charge is 0.314 e. The number of hydrogen-bond donors (Lipinski definition) is 1. The van der Waals surface area contributed by atoms with Crippen molar-refractivity contribution >= 4 is 0 Å². The summed E-state index contributed by atoms with van der Waals surface area (Å²) in [4.78, 5) is 2.15. The van der Waals surface area contributed by atoms with Gasteiger partial charge in [0.05, 0.1) is 5.56 Å². The van der Waals surface area contributed by atoms with Crippen molar-refractivity contribution in [1.82, 2.24) is 10.2 Å². The highest BCUT2D eigenvalue weighted by Gasteiger charge is 2.32. The quantitative estimate of drug-likeness (QED) is 0.849. The lowest BCUT2D eigenvalue weighted by Crippen LogP contribution is -2.45. The lowest BCUT2D eigenvalue weighted by atomic mass is 9.93. The summed E-state index contributed by atoms with van der Waals surface area (Å²) in [5.41, 5.74) is -0.569. The van der Waals surface area contributed by atoms with Gasteiger partial charge in [0, 0.05) is 37.8 Å². The molecule has 22 heavy (non-hydrogen) atoms. The van der Waals surface area contributed by atoms with Crippen LogP contribution in [-0.2, 0) is 6.18 Å². The molecular formula is C16H22F4N2. The van der Waals surface area contributed by atoms with Gasteiger partial charge in [0.1, 0.15) is 5.82 Å². The fourth-order valence-electron chi connectivity index (χ4n) is 2.89. The predicted molar refractivity (Wildman–Crippen MR) is 78.0 cm³/mol. The molecule has 1 saturated heterocycles. The number of hydrogen-bond acceptors (Lipinski definition) is 2. The van der Waals surface area contributed by atoms with Crippen LogP contribution in [0.1, 0.15) is 37.4 Å². The molecule has 0 unspecified atom stereocenters. The minimum Gasteiger partial charge on any atom is -0.314 e. The average Bonchev–Trinajstić information content (AvgIpc) is 2.45. The Hall–Kier alpha value is -1.14. The molecule has 1 aliphatic rings. The van der Waals surface area contributed by atoms with Crippen LogP contribution < -0.4 is 5.32 Å². The largest absolute Gasteiger partial charge is 0.416 e. The topological polar surface area (TPSA) is 15.3 Å². The average molecular weight is 318 g/mol. The van der Waals surface area contributed by atoms with E-state index in [2.05, 4.69) is 10.2 Å². The third-order valence-electron chi connectivity index (χ3n) is 3.97. The summed E-state index contributed by atoms with van der Waals surface area (Å²) >= 11 is 0. The molecule has 1 aliphatic heterocycles. The van der Waals surface area contributed by atoms with Gasteiger partial charge in [0.25, 0.3) is 0 Å². The van der Waals surface area contributed by atoms with Gasteiger partial charge in [-0.1, -0.05) is 19.9 Å². The number of piperazine rings is 1. The minimum atomic E-state index is -4.51. The van der Waals surface area contributed by atoms with Crippen molar-refractivity contribution in [3.05, 3.63) is 35.1 Å². The van der Waals surface area contributed by atoms with E-state index in [9.17, 15) is 17.6 Å². The molecule has 0 spiro atoms. The van der Waals surface area contributed by atoms with Crippen molar-refractivity contribution in [2.45, 2.75) is 32.5 Å². The summed E-state index contributed by atoms with van der Waals surface area (Å²) < 4.78 is 52.3. The maximum atomic E-state index is 14.3. The Morgan fingerprint density at radius 3 is 2.32 bits per heavy atom. The van der Waals surface area contributed by atoms with Gasteiger partial charge >= 0.3 is 6.18 Å². The highest BCUT2D eigenvalue weighted by atomic mass is 19.4. The first-order valence-electron chi connectivity index (χ1n) is 7.60. The molecule has 6 heteroatoms. The van der Waals surface area contributed by atoms with Crippen LogP contribution in [0.3, 0.4) is 0 Å². The fraction of sp³-hybridized carbons (Fsp3) is 0.625. The van der Waals surface area contributed by atoms with E-state index in [0.717, 1.165) is 38.7 Å². The molecule has 1 N–H and O–H groups in total. The zero-order chi connectivity index (χ0) is 16.3. The predicted octanol–water partition coefficient (Wildman–Crippen LogP) is 3.84. The standard InChI is InChI=1S/C16H22F4N2/c1-11(2)9-15(22-7-5-21-6-8-22)13-4-3-12(10-14(13)17)16(18,19)20/h3-4,10-11,15,21H,5-9H2,1-2H3/t15-/m0/s1. The summed E-state index contributed by atoms with van der Waals surface area (Å²) in [6.07, 6.45) is -3.79. The molecule has 0 bridgehead atoms. The highest BCUT2D eigenvalue weighted by Crippen LogP contribution is 2.34. The summed E-state index contributed by atoms with van der Waals surface area (Å²) in [5.74, 6) is -0.430. The molecule has 0 amide bonds. The summed E-state index contributed by atoms with van der Waals surface area (Å²) in [6, 6.07) is 2.72. The van der Waals surface area contributed by atoms with Crippen molar-refractivity contribution in [1.29, 1.82) is 0 Å². The zero-order valence-corrected chi connectivity index (χ0v) is 12.9. The Balaban J connectivity index is 2.30. The van der Waals surface area contributed by atoms with Crippen molar-refractivity contribution in [2.24, 2.45) is 5.92 Å². The number of nitrogens with one attached hydrogen (secondary N) is 1. The van der Waals surface area contributed by atoms with Crippen LogP contribution in [0, 0.1) is 11.7 Å². The van der Waals surface area contributed by atoms with Crippen LogP contribution >= 0.6 is 0 Å². The lowest BCUT2D eigenvalue weighted by molar-refractivity contribution is -0.137. The van der Waals surface area contributed by atoms with Crippen molar-refractivity contribution < 1.29 is 17.6 Å². The Kier molecular flexibility index (Phi) is 5.45. The molecule has 0 aromatic heterocycles. The molecule has 1 fully saturated rings. The van der Waals surface area contributed by atoms with E-state index in [1.54, 1.807) is 0 Å². The molecule has 0 saturated carbocycles. The third kappa shape index (κ3) is 4.20. The first-order valence-corrected chi connectivity index (χ1v) is 7.60. The monoisotopic (exact) mass is 318 g/mol. The Morgan fingerprint density at radius 1 is 1.18 bits per heavy atom. The molecule has 1 heterocycles. The second kappa shape index (κ2) is 6.96. The Labute approximate surface area is 128 Å². The van der Waals surface area contributed by atoms with Crippen LogP contribution in [0.2, 0.25) is 0 Å². The minimum absolute atomic E-state index is 0.176. The van der Waals surface area contributed by atoms with Gasteiger partial charge in [-0.25, -0.2) is 4.39 Å². The van der Waals surface area contributed by atoms with E-state index in [-0.39, 0.29) is 6.04 Å². The van der Waals surface area contributed by atoms with Crippen LogP contribution in [0.4, 0.5) is 17.6 Å². The maximum Gasteiger partial charge on any atom is 0.416 e. The molecule has 0 aliphatic carbocycles. The summed E-state index contributed by atoms with van der Waals surface area (Å²) in [7, 11) is 0. The van der Waals surface area contributed by atoms with E-state index in [1.807, 2.05) is 13.8 Å². The first-order chi connectivity index (χ1) is 10.3. The summed E-state index contributed by atoms with van der Waals surface area (Å²) in [5, 5.41) is 3.23. The van der Waals surface area contributed by atoms with E-state index < -0.39 is 17.6 Å². The van der Waals surface area contributed by atoms with Gasteiger partial charge in [-0.3, -0.25) is 4.90 Å². The third-order valence-corrected chi connectivity index (χ3v) is 3.97. The van der Waals surface area contributed by atoms with Crippen molar-refractivity contribution in [2.75, 3.05) is 26.2 Å². The molecule has 124 valence electrons. The van der Waals surface area contributed by atoms with Gasteiger partial charge in [-0.15, -0.1) is 0 Å². The van der Waals surface area contributed by atoms with Gasteiger partial charge in [-0.05, 0) is 24.5 Å². The van der Waals surface area contributed by atoms with Crippen LogP contribution in [0.5, 0.6) is 0 Å². The molecule has 1 aromatic carbocycles.